The monoisotopic (exact) mass is 426 g/mol. The summed E-state index contributed by atoms with van der Waals surface area (Å²) in [5.74, 6) is -0.256. The summed E-state index contributed by atoms with van der Waals surface area (Å²) in [6.07, 6.45) is 0. The van der Waals surface area contributed by atoms with E-state index in [1.165, 1.54) is 38.4 Å². The van der Waals surface area contributed by atoms with Gasteiger partial charge in [0.15, 0.2) is 0 Å². The Morgan fingerprint density at radius 2 is 1.67 bits per heavy atom. The molecule has 7 nitrogen and oxygen atoms in total. The van der Waals surface area contributed by atoms with Crippen LogP contribution in [-0.2, 0) is 16.6 Å². The summed E-state index contributed by atoms with van der Waals surface area (Å²) in [7, 11) is -0.571. The second-order valence-corrected chi connectivity index (χ2v) is 9.35. The Morgan fingerprint density at radius 3 is 2.27 bits per heavy atom. The summed E-state index contributed by atoms with van der Waals surface area (Å²) in [5.41, 5.74) is 4.63. The summed E-state index contributed by atoms with van der Waals surface area (Å²) in [4.78, 5) is 12.6. The lowest BCUT2D eigenvalue weighted by Gasteiger charge is -2.12. The van der Waals surface area contributed by atoms with Crippen molar-refractivity contribution in [3.63, 3.8) is 0 Å². The molecule has 1 aromatic heterocycles. The molecule has 0 fully saturated rings. The Hall–Kier alpha value is -2.97. The van der Waals surface area contributed by atoms with Crippen LogP contribution in [-0.4, -0.2) is 49.1 Å². The summed E-state index contributed by atoms with van der Waals surface area (Å²) in [6, 6.07) is 16.0. The maximum Gasteiger partial charge on any atom is 0.251 e. The topological polar surface area (TPSA) is 84.3 Å². The van der Waals surface area contributed by atoms with E-state index in [4.69, 9.17) is 0 Å². The molecule has 0 spiro atoms. The fourth-order valence-electron chi connectivity index (χ4n) is 3.30. The van der Waals surface area contributed by atoms with Crippen molar-refractivity contribution in [3.05, 3.63) is 71.5 Å². The number of benzene rings is 2. The van der Waals surface area contributed by atoms with Crippen molar-refractivity contribution in [2.75, 3.05) is 20.6 Å². The predicted molar refractivity (Wildman–Crippen MR) is 117 cm³/mol. The molecule has 0 atom stereocenters. The van der Waals surface area contributed by atoms with Gasteiger partial charge in [-0.1, -0.05) is 30.3 Å². The highest BCUT2D eigenvalue weighted by Gasteiger charge is 2.18. The standard InChI is InChI=1S/C22H26N4O3S/c1-16-21(18-8-6-5-7-9-18)17(2)26(24-16)15-14-23-22(27)19-10-12-20(13-11-19)30(28,29)25(3)4/h5-13H,14-15H2,1-4H3,(H,23,27). The molecule has 0 saturated heterocycles. The number of rotatable bonds is 7. The van der Waals surface area contributed by atoms with Crippen LogP contribution in [0.15, 0.2) is 59.5 Å². The maximum absolute atomic E-state index is 12.4. The van der Waals surface area contributed by atoms with Crippen LogP contribution >= 0.6 is 0 Å². The highest BCUT2D eigenvalue weighted by molar-refractivity contribution is 7.89. The zero-order valence-corrected chi connectivity index (χ0v) is 18.4. The van der Waals surface area contributed by atoms with Crippen molar-refractivity contribution in [1.29, 1.82) is 0 Å². The summed E-state index contributed by atoms with van der Waals surface area (Å²) in [6.45, 7) is 4.95. The van der Waals surface area contributed by atoms with Gasteiger partial charge in [0, 0.05) is 37.5 Å². The van der Waals surface area contributed by atoms with Gasteiger partial charge in [0.2, 0.25) is 10.0 Å². The molecule has 3 rings (SSSR count). The Balaban J connectivity index is 1.64. The number of nitrogens with one attached hydrogen (secondary N) is 1. The van der Waals surface area contributed by atoms with Crippen molar-refractivity contribution in [3.8, 4) is 11.1 Å². The quantitative estimate of drug-likeness (QED) is 0.630. The van der Waals surface area contributed by atoms with Gasteiger partial charge >= 0.3 is 0 Å². The van der Waals surface area contributed by atoms with Crippen LogP contribution in [0.4, 0.5) is 0 Å². The average molecular weight is 427 g/mol. The van der Waals surface area contributed by atoms with E-state index < -0.39 is 10.0 Å². The normalized spacial score (nSPS) is 11.6. The molecule has 1 N–H and O–H groups in total. The zero-order chi connectivity index (χ0) is 21.9. The molecule has 3 aromatic rings. The van der Waals surface area contributed by atoms with Crippen LogP contribution in [0.25, 0.3) is 11.1 Å². The van der Waals surface area contributed by atoms with Crippen molar-refractivity contribution < 1.29 is 13.2 Å². The third-order valence-corrected chi connectivity index (χ3v) is 6.78. The molecule has 0 saturated carbocycles. The molecular weight excluding hydrogens is 400 g/mol. The van der Waals surface area contributed by atoms with Crippen LogP contribution < -0.4 is 5.32 Å². The Kier molecular flexibility index (Phi) is 6.38. The van der Waals surface area contributed by atoms with Crippen molar-refractivity contribution in [2.24, 2.45) is 0 Å². The molecule has 1 amide bonds. The van der Waals surface area contributed by atoms with Gasteiger partial charge in [-0.15, -0.1) is 0 Å². The van der Waals surface area contributed by atoms with E-state index in [1.54, 1.807) is 0 Å². The molecule has 0 unspecified atom stereocenters. The summed E-state index contributed by atoms with van der Waals surface area (Å²) < 4.78 is 27.3. The summed E-state index contributed by atoms with van der Waals surface area (Å²) in [5, 5.41) is 7.47. The smallest absolute Gasteiger partial charge is 0.251 e. The van der Waals surface area contributed by atoms with E-state index in [-0.39, 0.29) is 10.8 Å². The number of carbonyl (C=O) groups excluding carboxylic acids is 1. The first kappa shape index (κ1) is 21.7. The van der Waals surface area contributed by atoms with Gasteiger partial charge in [-0.2, -0.15) is 5.10 Å². The number of aromatic nitrogens is 2. The molecule has 1 heterocycles. The van der Waals surface area contributed by atoms with Gasteiger partial charge in [0.25, 0.3) is 5.91 Å². The molecule has 0 aliphatic carbocycles. The number of hydrogen-bond acceptors (Lipinski definition) is 4. The maximum atomic E-state index is 12.4. The van der Waals surface area contributed by atoms with Gasteiger partial charge < -0.3 is 5.32 Å². The molecule has 158 valence electrons. The van der Waals surface area contributed by atoms with E-state index in [0.29, 0.717) is 18.7 Å². The predicted octanol–water partition coefficient (Wildman–Crippen LogP) is 2.85. The van der Waals surface area contributed by atoms with Crippen molar-refractivity contribution in [2.45, 2.75) is 25.3 Å². The van der Waals surface area contributed by atoms with E-state index in [2.05, 4.69) is 22.5 Å². The Bertz CT molecular complexity index is 1140. The lowest BCUT2D eigenvalue weighted by Crippen LogP contribution is -2.28. The van der Waals surface area contributed by atoms with E-state index in [0.717, 1.165) is 26.8 Å². The third-order valence-electron chi connectivity index (χ3n) is 4.95. The van der Waals surface area contributed by atoms with Gasteiger partial charge in [-0.05, 0) is 43.7 Å². The lowest BCUT2D eigenvalue weighted by molar-refractivity contribution is 0.0951. The Morgan fingerprint density at radius 1 is 1.03 bits per heavy atom. The van der Waals surface area contributed by atoms with Gasteiger partial charge in [0.05, 0.1) is 17.1 Å². The molecule has 0 aliphatic rings. The van der Waals surface area contributed by atoms with Crippen molar-refractivity contribution in [1.82, 2.24) is 19.4 Å². The van der Waals surface area contributed by atoms with Gasteiger partial charge in [-0.25, -0.2) is 12.7 Å². The van der Waals surface area contributed by atoms with Crippen LogP contribution in [0.2, 0.25) is 0 Å². The highest BCUT2D eigenvalue weighted by atomic mass is 32.2. The number of aryl methyl sites for hydroxylation is 1. The number of nitrogens with zero attached hydrogens (tertiary/aromatic N) is 3. The number of sulfonamides is 1. The molecule has 0 bridgehead atoms. The van der Waals surface area contributed by atoms with Gasteiger partial charge in [0.1, 0.15) is 0 Å². The average Bonchev–Trinajstić information content (AvgIpc) is 3.01. The van der Waals surface area contributed by atoms with Gasteiger partial charge in [-0.3, -0.25) is 9.48 Å². The fraction of sp³-hybridized carbons (Fsp3) is 0.273. The van der Waals surface area contributed by atoms with Crippen LogP contribution in [0.5, 0.6) is 0 Å². The fourth-order valence-corrected chi connectivity index (χ4v) is 4.21. The largest absolute Gasteiger partial charge is 0.350 e. The molecule has 8 heteroatoms. The minimum atomic E-state index is -3.51. The zero-order valence-electron chi connectivity index (χ0n) is 17.6. The third kappa shape index (κ3) is 4.44. The molecule has 0 aliphatic heterocycles. The summed E-state index contributed by atoms with van der Waals surface area (Å²) >= 11 is 0. The molecule has 2 aromatic carbocycles. The van der Waals surface area contributed by atoms with E-state index in [1.807, 2.05) is 36.7 Å². The minimum absolute atomic E-state index is 0.153. The number of hydrogen-bond donors (Lipinski definition) is 1. The first-order chi connectivity index (χ1) is 14.2. The second-order valence-electron chi connectivity index (χ2n) is 7.20. The highest BCUT2D eigenvalue weighted by Crippen LogP contribution is 2.26. The van der Waals surface area contributed by atoms with Crippen LogP contribution in [0.3, 0.4) is 0 Å². The first-order valence-electron chi connectivity index (χ1n) is 9.62. The number of carbonyl (C=O) groups is 1. The van der Waals surface area contributed by atoms with E-state index >= 15 is 0 Å². The van der Waals surface area contributed by atoms with Crippen LogP contribution in [0.1, 0.15) is 21.7 Å². The lowest BCUT2D eigenvalue weighted by atomic mass is 10.0. The molecule has 0 radical (unpaired) electrons. The minimum Gasteiger partial charge on any atom is -0.350 e. The number of amides is 1. The van der Waals surface area contributed by atoms with Crippen molar-refractivity contribution >= 4 is 15.9 Å². The molecular formula is C22H26N4O3S. The van der Waals surface area contributed by atoms with Crippen LogP contribution in [0, 0.1) is 13.8 Å². The first-order valence-corrected chi connectivity index (χ1v) is 11.1. The van der Waals surface area contributed by atoms with E-state index in [9.17, 15) is 13.2 Å². The SMILES string of the molecule is Cc1nn(CCNC(=O)c2ccc(S(=O)(=O)N(C)C)cc2)c(C)c1-c1ccccc1. The Labute approximate surface area is 177 Å². The molecule has 30 heavy (non-hydrogen) atoms. The second kappa shape index (κ2) is 8.81.